The van der Waals surface area contributed by atoms with Gasteiger partial charge in [-0.15, -0.1) is 12.4 Å². The second-order valence-corrected chi connectivity index (χ2v) is 7.00. The minimum Gasteiger partial charge on any atom is -0.493 e. The van der Waals surface area contributed by atoms with Crippen LogP contribution < -0.4 is 20.1 Å². The van der Waals surface area contributed by atoms with Gasteiger partial charge >= 0.3 is 0 Å². The van der Waals surface area contributed by atoms with Gasteiger partial charge in [-0.2, -0.15) is 0 Å². The molecule has 7 nitrogen and oxygen atoms in total. The number of halogens is 3. The molecule has 10 heteroatoms. The second kappa shape index (κ2) is 12.5. The van der Waals surface area contributed by atoms with Gasteiger partial charge in [0.1, 0.15) is 6.61 Å². The molecule has 29 heavy (non-hydrogen) atoms. The predicted molar refractivity (Wildman–Crippen MR) is 122 cm³/mol. The van der Waals surface area contributed by atoms with E-state index in [2.05, 4.69) is 33.1 Å². The van der Waals surface area contributed by atoms with E-state index in [1.54, 1.807) is 19.3 Å². The minimum absolute atomic E-state index is 0. The SMILES string of the molecule is C=CCOc1c(Br)cc(CNCCNc2ccc([N+](=O)[O-])cc2Cl)cc1OC.Cl. The molecule has 158 valence electrons. The Morgan fingerprint density at radius 2 is 2.07 bits per heavy atom. The van der Waals surface area contributed by atoms with Crippen molar-refractivity contribution in [3.05, 3.63) is 68.2 Å². The highest BCUT2D eigenvalue weighted by atomic mass is 79.9. The van der Waals surface area contributed by atoms with Crippen molar-refractivity contribution in [3.63, 3.8) is 0 Å². The van der Waals surface area contributed by atoms with E-state index < -0.39 is 4.92 Å². The summed E-state index contributed by atoms with van der Waals surface area (Å²) < 4.78 is 11.8. The Morgan fingerprint density at radius 1 is 1.31 bits per heavy atom. The first kappa shape index (κ1) is 25.0. The largest absolute Gasteiger partial charge is 0.493 e. The van der Waals surface area contributed by atoms with Crippen molar-refractivity contribution < 1.29 is 14.4 Å². The molecule has 0 unspecified atom stereocenters. The Kier molecular flexibility index (Phi) is 10.8. The van der Waals surface area contributed by atoms with Crippen molar-refractivity contribution in [1.82, 2.24) is 5.32 Å². The summed E-state index contributed by atoms with van der Waals surface area (Å²) in [5, 5.41) is 17.5. The number of hydrogen-bond acceptors (Lipinski definition) is 6. The highest BCUT2D eigenvalue weighted by molar-refractivity contribution is 9.10. The van der Waals surface area contributed by atoms with E-state index in [9.17, 15) is 10.1 Å². The molecular weight excluding hydrogens is 485 g/mol. The van der Waals surface area contributed by atoms with Crippen molar-refractivity contribution in [1.29, 1.82) is 0 Å². The third-order valence-corrected chi connectivity index (χ3v) is 4.65. The first-order valence-corrected chi connectivity index (χ1v) is 9.62. The summed E-state index contributed by atoms with van der Waals surface area (Å²) in [5.74, 6) is 1.28. The van der Waals surface area contributed by atoms with Crippen molar-refractivity contribution in [2.45, 2.75) is 6.54 Å². The molecule has 2 aromatic rings. The van der Waals surface area contributed by atoms with Crippen LogP contribution in [0.2, 0.25) is 5.02 Å². The summed E-state index contributed by atoms with van der Waals surface area (Å²) >= 11 is 9.56. The zero-order valence-electron chi connectivity index (χ0n) is 15.7. The van der Waals surface area contributed by atoms with E-state index in [1.165, 1.54) is 12.1 Å². The van der Waals surface area contributed by atoms with Crippen molar-refractivity contribution in [2.75, 3.05) is 32.1 Å². The summed E-state index contributed by atoms with van der Waals surface area (Å²) in [6.07, 6.45) is 1.67. The smallest absolute Gasteiger partial charge is 0.271 e. The van der Waals surface area contributed by atoms with Crippen molar-refractivity contribution >= 4 is 51.3 Å². The quantitative estimate of drug-likeness (QED) is 0.188. The molecule has 0 heterocycles. The van der Waals surface area contributed by atoms with Crippen LogP contribution in [0.5, 0.6) is 11.5 Å². The number of non-ortho nitro benzene ring substituents is 1. The summed E-state index contributed by atoms with van der Waals surface area (Å²) in [6, 6.07) is 8.23. The van der Waals surface area contributed by atoms with Crippen LogP contribution in [0.25, 0.3) is 0 Å². The monoisotopic (exact) mass is 505 g/mol. The van der Waals surface area contributed by atoms with E-state index in [0.717, 1.165) is 10.0 Å². The number of nitrogens with one attached hydrogen (secondary N) is 2. The molecular formula is C19H22BrCl2N3O4. The van der Waals surface area contributed by atoms with Gasteiger partial charge in [0, 0.05) is 31.8 Å². The lowest BCUT2D eigenvalue weighted by Crippen LogP contribution is -2.22. The molecule has 0 aliphatic heterocycles. The number of ether oxygens (including phenoxy) is 2. The van der Waals surface area contributed by atoms with E-state index >= 15 is 0 Å². The third kappa shape index (κ3) is 7.40. The average molecular weight is 507 g/mol. The molecule has 0 amide bonds. The van der Waals surface area contributed by atoms with Crippen LogP contribution in [-0.4, -0.2) is 31.7 Å². The fourth-order valence-corrected chi connectivity index (χ4v) is 3.28. The number of methoxy groups -OCH3 is 1. The van der Waals surface area contributed by atoms with Gasteiger partial charge in [-0.25, -0.2) is 0 Å². The molecule has 0 bridgehead atoms. The van der Waals surface area contributed by atoms with Gasteiger partial charge in [0.25, 0.3) is 5.69 Å². The van der Waals surface area contributed by atoms with Crippen molar-refractivity contribution in [2.24, 2.45) is 0 Å². The normalized spacial score (nSPS) is 10.0. The first-order chi connectivity index (χ1) is 13.5. The number of nitro groups is 1. The molecule has 0 spiro atoms. The Bertz CT molecular complexity index is 852. The van der Waals surface area contributed by atoms with Crippen LogP contribution in [-0.2, 0) is 6.54 Å². The Balaban J connectivity index is 0.00000420. The van der Waals surface area contributed by atoms with Crippen LogP contribution in [0.15, 0.2) is 47.5 Å². The molecule has 2 rings (SSSR count). The maximum Gasteiger partial charge on any atom is 0.271 e. The lowest BCUT2D eigenvalue weighted by atomic mass is 10.2. The summed E-state index contributed by atoms with van der Waals surface area (Å²) in [7, 11) is 1.59. The van der Waals surface area contributed by atoms with Gasteiger partial charge in [0.2, 0.25) is 0 Å². The van der Waals surface area contributed by atoms with Gasteiger partial charge in [-0.1, -0.05) is 24.3 Å². The van der Waals surface area contributed by atoms with Crippen LogP contribution in [0, 0.1) is 10.1 Å². The molecule has 2 N–H and O–H groups in total. The van der Waals surface area contributed by atoms with Crippen LogP contribution in [0.4, 0.5) is 11.4 Å². The summed E-state index contributed by atoms with van der Waals surface area (Å²) in [6.45, 7) is 5.94. The fraction of sp³-hybridized carbons (Fsp3) is 0.263. The molecule has 0 fully saturated rings. The maximum atomic E-state index is 10.7. The number of rotatable bonds is 11. The molecule has 0 radical (unpaired) electrons. The molecule has 0 saturated carbocycles. The lowest BCUT2D eigenvalue weighted by Gasteiger charge is -2.14. The minimum atomic E-state index is -0.475. The predicted octanol–water partition coefficient (Wildman–Crippen LogP) is 5.21. The Labute approximate surface area is 189 Å². The van der Waals surface area contributed by atoms with Gasteiger partial charge in [0.05, 0.1) is 27.2 Å². The van der Waals surface area contributed by atoms with Gasteiger partial charge in [0.15, 0.2) is 11.5 Å². The molecule has 0 saturated heterocycles. The molecule has 0 aliphatic carbocycles. The second-order valence-electron chi connectivity index (χ2n) is 5.73. The number of hydrogen-bond donors (Lipinski definition) is 2. The average Bonchev–Trinajstić information content (AvgIpc) is 2.67. The Morgan fingerprint density at radius 3 is 2.69 bits per heavy atom. The fourth-order valence-electron chi connectivity index (χ4n) is 2.44. The lowest BCUT2D eigenvalue weighted by molar-refractivity contribution is -0.384. The summed E-state index contributed by atoms with van der Waals surface area (Å²) in [5.41, 5.74) is 1.65. The number of nitro benzene ring substituents is 1. The third-order valence-electron chi connectivity index (χ3n) is 3.74. The molecule has 0 aromatic heterocycles. The summed E-state index contributed by atoms with van der Waals surface area (Å²) in [4.78, 5) is 10.3. The van der Waals surface area contributed by atoms with E-state index in [1.807, 2.05) is 12.1 Å². The zero-order chi connectivity index (χ0) is 20.5. The van der Waals surface area contributed by atoms with Gasteiger partial charge in [-0.3, -0.25) is 10.1 Å². The van der Waals surface area contributed by atoms with Crippen LogP contribution in [0.1, 0.15) is 5.56 Å². The Hall–Kier alpha value is -2.00. The maximum absolute atomic E-state index is 10.7. The van der Waals surface area contributed by atoms with Crippen LogP contribution in [0.3, 0.4) is 0 Å². The zero-order valence-corrected chi connectivity index (χ0v) is 18.9. The molecule has 0 aliphatic rings. The van der Waals surface area contributed by atoms with E-state index in [4.69, 9.17) is 21.1 Å². The van der Waals surface area contributed by atoms with E-state index in [0.29, 0.717) is 48.5 Å². The standard InChI is InChI=1S/C19H21BrClN3O4.ClH/c1-3-8-28-19-15(20)9-13(10-18(19)27-2)12-22-6-7-23-17-5-4-14(24(25)26)11-16(17)21;/h3-5,9-11,22-23H,1,6-8,12H2,2H3;1H. The van der Waals surface area contributed by atoms with Gasteiger partial charge < -0.3 is 20.1 Å². The highest BCUT2D eigenvalue weighted by Crippen LogP contribution is 2.36. The number of benzene rings is 2. The molecule has 0 atom stereocenters. The van der Waals surface area contributed by atoms with Crippen molar-refractivity contribution in [3.8, 4) is 11.5 Å². The van der Waals surface area contributed by atoms with Gasteiger partial charge in [-0.05, 0) is 39.7 Å². The highest BCUT2D eigenvalue weighted by Gasteiger charge is 2.11. The number of anilines is 1. The molecule has 2 aromatic carbocycles. The van der Waals surface area contributed by atoms with E-state index in [-0.39, 0.29) is 18.1 Å². The topological polar surface area (TPSA) is 85.7 Å². The first-order valence-electron chi connectivity index (χ1n) is 8.45. The van der Waals surface area contributed by atoms with Crippen LogP contribution >= 0.6 is 39.9 Å². The number of nitrogens with zero attached hydrogens (tertiary/aromatic N) is 1.